The first-order valence-electron chi connectivity index (χ1n) is 8.04. The van der Waals surface area contributed by atoms with Gasteiger partial charge in [-0.25, -0.2) is 0 Å². The number of thiophene rings is 1. The lowest BCUT2D eigenvalue weighted by molar-refractivity contribution is 1.57. The van der Waals surface area contributed by atoms with Crippen LogP contribution in [0.1, 0.15) is 0 Å². The molecule has 0 aliphatic heterocycles. The van der Waals surface area contributed by atoms with E-state index in [4.69, 9.17) is 0 Å². The number of rotatable bonds is 2. The maximum absolute atomic E-state index is 3.49. The van der Waals surface area contributed by atoms with E-state index >= 15 is 0 Å². The van der Waals surface area contributed by atoms with Crippen molar-refractivity contribution in [2.24, 2.45) is 0 Å². The van der Waals surface area contributed by atoms with Gasteiger partial charge < -0.3 is 5.32 Å². The van der Waals surface area contributed by atoms with Crippen molar-refractivity contribution < 1.29 is 0 Å². The van der Waals surface area contributed by atoms with Crippen molar-refractivity contribution in [1.29, 1.82) is 0 Å². The van der Waals surface area contributed by atoms with E-state index in [1.165, 1.54) is 30.9 Å². The van der Waals surface area contributed by atoms with Crippen LogP contribution >= 0.6 is 11.3 Å². The summed E-state index contributed by atoms with van der Waals surface area (Å²) in [6.07, 6.45) is 0. The molecule has 0 fully saturated rings. The first kappa shape index (κ1) is 13.6. The molecule has 5 aromatic rings. The Balaban J connectivity index is 1.70. The van der Waals surface area contributed by atoms with Crippen LogP contribution in [0, 0.1) is 0 Å². The van der Waals surface area contributed by atoms with Crippen molar-refractivity contribution in [3.05, 3.63) is 84.9 Å². The van der Waals surface area contributed by atoms with E-state index < -0.39 is 0 Å². The summed E-state index contributed by atoms with van der Waals surface area (Å²) >= 11 is 1.86. The Morgan fingerprint density at radius 1 is 0.542 bits per heavy atom. The molecule has 0 saturated carbocycles. The van der Waals surface area contributed by atoms with Crippen LogP contribution in [0.3, 0.4) is 0 Å². The van der Waals surface area contributed by atoms with E-state index in [0.717, 1.165) is 11.4 Å². The minimum atomic E-state index is 1.11. The van der Waals surface area contributed by atoms with Crippen LogP contribution in [0.15, 0.2) is 84.9 Å². The second-order valence-corrected chi connectivity index (χ2v) is 7.08. The number of benzene rings is 4. The second-order valence-electron chi connectivity index (χ2n) is 6.00. The largest absolute Gasteiger partial charge is 0.356 e. The van der Waals surface area contributed by atoms with Gasteiger partial charge in [-0.1, -0.05) is 42.5 Å². The number of para-hydroxylation sites is 1. The molecule has 1 aromatic heterocycles. The molecule has 0 radical (unpaired) electrons. The quantitative estimate of drug-likeness (QED) is 0.370. The second kappa shape index (κ2) is 5.36. The van der Waals surface area contributed by atoms with Gasteiger partial charge in [0.25, 0.3) is 0 Å². The Labute approximate surface area is 144 Å². The van der Waals surface area contributed by atoms with Crippen molar-refractivity contribution in [1.82, 2.24) is 0 Å². The highest BCUT2D eigenvalue weighted by molar-refractivity contribution is 7.25. The number of fused-ring (bicyclic) bond motifs is 4. The lowest BCUT2D eigenvalue weighted by Crippen LogP contribution is -1.88. The Bertz CT molecular complexity index is 1170. The highest BCUT2D eigenvalue weighted by Gasteiger charge is 2.07. The van der Waals surface area contributed by atoms with E-state index in [0.29, 0.717) is 0 Å². The molecule has 5 rings (SSSR count). The fourth-order valence-electron chi connectivity index (χ4n) is 3.23. The monoisotopic (exact) mass is 325 g/mol. The number of hydrogen-bond acceptors (Lipinski definition) is 2. The third-order valence-corrected chi connectivity index (χ3v) is 5.53. The molecule has 114 valence electrons. The summed E-state index contributed by atoms with van der Waals surface area (Å²) < 4.78 is 2.68. The molecule has 0 spiro atoms. The molecule has 1 heterocycles. The van der Waals surface area contributed by atoms with Gasteiger partial charge in [0.1, 0.15) is 0 Å². The third kappa shape index (κ3) is 2.24. The van der Waals surface area contributed by atoms with Gasteiger partial charge in [-0.3, -0.25) is 0 Å². The maximum atomic E-state index is 3.49. The molecule has 1 nitrogen and oxygen atoms in total. The summed E-state index contributed by atoms with van der Waals surface area (Å²) in [5, 5.41) is 8.75. The number of nitrogens with one attached hydrogen (secondary N) is 1. The Hall–Kier alpha value is -2.84. The lowest BCUT2D eigenvalue weighted by atomic mass is 10.1. The summed E-state index contributed by atoms with van der Waals surface area (Å²) in [4.78, 5) is 0. The van der Waals surface area contributed by atoms with Gasteiger partial charge in [-0.05, 0) is 53.2 Å². The van der Waals surface area contributed by atoms with Gasteiger partial charge in [0.2, 0.25) is 0 Å². The molecule has 1 N–H and O–H groups in total. The standard InChI is InChI=1S/C22H15NS/c1-2-8-17(9-3-1)23-18-10-11-21-20(14-18)19-12-15-6-4-5-7-16(15)13-22(19)24-21/h1-14,23H. The molecular formula is C22H15NS. The number of anilines is 2. The van der Waals surface area contributed by atoms with Gasteiger partial charge in [0.15, 0.2) is 0 Å². The first-order valence-corrected chi connectivity index (χ1v) is 8.86. The summed E-state index contributed by atoms with van der Waals surface area (Å²) in [6, 6.07) is 30.1. The van der Waals surface area contributed by atoms with Crippen LogP contribution in [0.25, 0.3) is 30.9 Å². The summed E-state index contributed by atoms with van der Waals surface area (Å²) in [5.41, 5.74) is 2.24. The highest BCUT2D eigenvalue weighted by Crippen LogP contribution is 2.38. The average molecular weight is 325 g/mol. The van der Waals surface area contributed by atoms with Gasteiger partial charge in [0, 0.05) is 31.5 Å². The fourth-order valence-corrected chi connectivity index (χ4v) is 4.34. The molecule has 0 aliphatic carbocycles. The summed E-state index contributed by atoms with van der Waals surface area (Å²) in [5.74, 6) is 0. The maximum Gasteiger partial charge on any atom is 0.0391 e. The topological polar surface area (TPSA) is 12.0 Å². The predicted molar refractivity (Wildman–Crippen MR) is 107 cm³/mol. The van der Waals surface area contributed by atoms with Crippen molar-refractivity contribution in [2.75, 3.05) is 5.32 Å². The van der Waals surface area contributed by atoms with Crippen molar-refractivity contribution in [3.8, 4) is 0 Å². The van der Waals surface area contributed by atoms with E-state index in [-0.39, 0.29) is 0 Å². The molecule has 4 aromatic carbocycles. The van der Waals surface area contributed by atoms with Crippen LogP contribution in [0.4, 0.5) is 11.4 Å². The summed E-state index contributed by atoms with van der Waals surface area (Å²) in [7, 11) is 0. The van der Waals surface area contributed by atoms with Crippen molar-refractivity contribution in [2.45, 2.75) is 0 Å². The SMILES string of the molecule is c1ccc(Nc2ccc3sc4cc5ccccc5cc4c3c2)cc1. The van der Waals surface area contributed by atoms with Gasteiger partial charge in [-0.2, -0.15) is 0 Å². The lowest BCUT2D eigenvalue weighted by Gasteiger charge is -2.06. The molecule has 24 heavy (non-hydrogen) atoms. The van der Waals surface area contributed by atoms with E-state index in [9.17, 15) is 0 Å². The molecular weight excluding hydrogens is 310 g/mol. The van der Waals surface area contributed by atoms with Crippen LogP contribution in [0.2, 0.25) is 0 Å². The van der Waals surface area contributed by atoms with Crippen LogP contribution in [-0.4, -0.2) is 0 Å². The zero-order valence-electron chi connectivity index (χ0n) is 13.0. The zero-order chi connectivity index (χ0) is 15.9. The average Bonchev–Trinajstić information content (AvgIpc) is 2.97. The van der Waals surface area contributed by atoms with Crippen molar-refractivity contribution in [3.63, 3.8) is 0 Å². The van der Waals surface area contributed by atoms with Crippen LogP contribution in [-0.2, 0) is 0 Å². The number of hydrogen-bond donors (Lipinski definition) is 1. The Morgan fingerprint density at radius 2 is 1.25 bits per heavy atom. The van der Waals surface area contributed by atoms with E-state index in [1.54, 1.807) is 0 Å². The fraction of sp³-hybridized carbons (Fsp3) is 0. The third-order valence-electron chi connectivity index (χ3n) is 4.40. The minimum absolute atomic E-state index is 1.11. The van der Waals surface area contributed by atoms with Crippen molar-refractivity contribution >= 4 is 53.7 Å². The molecule has 2 heteroatoms. The zero-order valence-corrected chi connectivity index (χ0v) is 13.8. The smallest absolute Gasteiger partial charge is 0.0391 e. The van der Waals surface area contributed by atoms with E-state index in [2.05, 4.69) is 72.0 Å². The Kier molecular flexibility index (Phi) is 3.03. The van der Waals surface area contributed by atoms with Gasteiger partial charge >= 0.3 is 0 Å². The molecule has 0 aliphatic rings. The van der Waals surface area contributed by atoms with Crippen LogP contribution in [0.5, 0.6) is 0 Å². The van der Waals surface area contributed by atoms with E-state index in [1.807, 2.05) is 29.5 Å². The molecule has 0 amide bonds. The van der Waals surface area contributed by atoms with Gasteiger partial charge in [-0.15, -0.1) is 11.3 Å². The normalized spacial score (nSPS) is 11.3. The van der Waals surface area contributed by atoms with Crippen LogP contribution < -0.4 is 5.32 Å². The Morgan fingerprint density at radius 3 is 2.08 bits per heavy atom. The first-order chi connectivity index (χ1) is 11.9. The minimum Gasteiger partial charge on any atom is -0.356 e. The highest BCUT2D eigenvalue weighted by atomic mass is 32.1. The predicted octanol–water partition coefficient (Wildman–Crippen LogP) is 6.95. The molecule has 0 bridgehead atoms. The van der Waals surface area contributed by atoms with Gasteiger partial charge in [0.05, 0.1) is 0 Å². The summed E-state index contributed by atoms with van der Waals surface area (Å²) in [6.45, 7) is 0. The molecule has 0 saturated heterocycles. The molecule has 0 atom stereocenters. The molecule has 0 unspecified atom stereocenters.